The number of hydrogen-bond donors (Lipinski definition) is 2. The SMILES string of the molecule is CCOP(=O)(OCC)C(C(=O)N/C=C/c1ccc(N)c(F)c1)c1csc2ccc(Cl)cc12. The van der Waals surface area contributed by atoms with Gasteiger partial charge in [0.15, 0.2) is 5.66 Å². The van der Waals surface area contributed by atoms with E-state index in [1.165, 1.54) is 35.7 Å². The molecule has 0 fully saturated rings. The van der Waals surface area contributed by atoms with E-state index in [9.17, 15) is 13.8 Å². The van der Waals surface area contributed by atoms with Gasteiger partial charge in [0.2, 0.25) is 5.91 Å². The fourth-order valence-corrected chi connectivity index (χ4v) is 6.43. The molecule has 0 radical (unpaired) electrons. The zero-order valence-electron chi connectivity index (χ0n) is 17.5. The number of fused-ring (bicyclic) bond motifs is 1. The highest BCUT2D eigenvalue weighted by atomic mass is 35.5. The Hall–Kier alpha value is -2.22. The first-order valence-corrected chi connectivity index (χ1v) is 12.7. The van der Waals surface area contributed by atoms with E-state index in [1.807, 2.05) is 6.07 Å². The van der Waals surface area contributed by atoms with Crippen LogP contribution in [0.1, 0.15) is 30.6 Å². The summed E-state index contributed by atoms with van der Waals surface area (Å²) in [5, 5.41) is 5.57. The molecule has 2 aromatic carbocycles. The van der Waals surface area contributed by atoms with Crippen molar-refractivity contribution in [3.05, 3.63) is 69.9 Å². The molecule has 3 rings (SSSR count). The maximum absolute atomic E-state index is 13.7. The van der Waals surface area contributed by atoms with Crippen molar-refractivity contribution in [1.29, 1.82) is 0 Å². The van der Waals surface area contributed by atoms with Crippen LogP contribution in [0.5, 0.6) is 0 Å². The molecule has 1 amide bonds. The standard InChI is InChI=1S/C22H23ClFN2O4PS/c1-3-29-31(28,30-4-2)21(17-13-32-20-8-6-15(23)12-16(17)20)22(27)26-10-9-14-5-7-19(25)18(24)11-14/h5-13,21H,3-4,25H2,1-2H3,(H,26,27)/b10-9+. The smallest absolute Gasteiger partial charge is 0.347 e. The lowest BCUT2D eigenvalue weighted by Gasteiger charge is -2.25. The number of hydrogen-bond acceptors (Lipinski definition) is 6. The molecule has 0 bridgehead atoms. The third-order valence-electron chi connectivity index (χ3n) is 4.57. The molecular weight excluding hydrogens is 474 g/mol. The summed E-state index contributed by atoms with van der Waals surface area (Å²) in [5.74, 6) is -1.14. The fourth-order valence-electron chi connectivity index (χ4n) is 3.18. The predicted octanol–water partition coefficient (Wildman–Crippen LogP) is 6.37. The highest BCUT2D eigenvalue weighted by molar-refractivity contribution is 7.55. The van der Waals surface area contributed by atoms with Crippen LogP contribution in [0.2, 0.25) is 5.02 Å². The first-order valence-electron chi connectivity index (χ1n) is 9.86. The van der Waals surface area contributed by atoms with Crippen LogP contribution in [-0.2, 0) is 18.4 Å². The summed E-state index contributed by atoms with van der Waals surface area (Å²) in [6.45, 7) is 3.56. The van der Waals surface area contributed by atoms with Crippen LogP contribution >= 0.6 is 30.5 Å². The Morgan fingerprint density at radius 1 is 1.25 bits per heavy atom. The van der Waals surface area contributed by atoms with E-state index in [0.717, 1.165) is 4.70 Å². The Morgan fingerprint density at radius 3 is 2.62 bits per heavy atom. The van der Waals surface area contributed by atoms with Gasteiger partial charge in [0.1, 0.15) is 5.82 Å². The maximum Gasteiger partial charge on any atom is 0.347 e. The highest BCUT2D eigenvalue weighted by Gasteiger charge is 2.43. The average molecular weight is 497 g/mol. The molecule has 6 nitrogen and oxygen atoms in total. The van der Waals surface area contributed by atoms with E-state index in [1.54, 1.807) is 37.4 Å². The highest BCUT2D eigenvalue weighted by Crippen LogP contribution is 2.62. The molecule has 1 atom stereocenters. The van der Waals surface area contributed by atoms with Gasteiger partial charge in [0.05, 0.1) is 18.9 Å². The van der Waals surface area contributed by atoms with Gasteiger partial charge in [0.25, 0.3) is 0 Å². The molecule has 3 aromatic rings. The summed E-state index contributed by atoms with van der Waals surface area (Å²) in [7, 11) is -3.88. The van der Waals surface area contributed by atoms with Gasteiger partial charge >= 0.3 is 7.60 Å². The van der Waals surface area contributed by atoms with Gasteiger partial charge in [-0.05, 0) is 72.1 Å². The molecule has 0 aliphatic rings. The second-order valence-electron chi connectivity index (χ2n) is 6.73. The number of anilines is 1. The Morgan fingerprint density at radius 2 is 1.97 bits per heavy atom. The number of halogens is 2. The number of nitrogens with one attached hydrogen (secondary N) is 1. The van der Waals surface area contributed by atoms with Crippen LogP contribution in [0.25, 0.3) is 16.2 Å². The number of nitrogen functional groups attached to an aromatic ring is 1. The fraction of sp³-hybridized carbons (Fsp3) is 0.227. The molecule has 10 heteroatoms. The monoisotopic (exact) mass is 496 g/mol. The number of nitrogens with two attached hydrogens (primary N) is 1. The van der Waals surface area contributed by atoms with Gasteiger partial charge in [0, 0.05) is 15.9 Å². The largest absolute Gasteiger partial charge is 0.396 e. The number of carbonyl (C=O) groups excluding carboxylic acids is 1. The molecule has 3 N–H and O–H groups in total. The lowest BCUT2D eigenvalue weighted by molar-refractivity contribution is -0.120. The van der Waals surface area contributed by atoms with E-state index in [2.05, 4.69) is 5.32 Å². The van der Waals surface area contributed by atoms with E-state index >= 15 is 0 Å². The third-order valence-corrected chi connectivity index (χ3v) is 8.17. The van der Waals surface area contributed by atoms with Crippen LogP contribution in [-0.4, -0.2) is 19.1 Å². The molecule has 0 saturated carbocycles. The molecule has 0 aliphatic carbocycles. The van der Waals surface area contributed by atoms with Crippen LogP contribution in [0.3, 0.4) is 0 Å². The van der Waals surface area contributed by atoms with Crippen LogP contribution in [0, 0.1) is 5.82 Å². The van der Waals surface area contributed by atoms with Crippen molar-refractivity contribution < 1.29 is 22.8 Å². The Bertz CT molecular complexity index is 1190. The van der Waals surface area contributed by atoms with Gasteiger partial charge in [-0.25, -0.2) is 4.39 Å². The quantitative estimate of drug-likeness (QED) is 0.265. The van der Waals surface area contributed by atoms with Gasteiger partial charge < -0.3 is 20.1 Å². The predicted molar refractivity (Wildman–Crippen MR) is 128 cm³/mol. The van der Waals surface area contributed by atoms with E-state index in [0.29, 0.717) is 21.5 Å². The minimum Gasteiger partial charge on any atom is -0.396 e. The van der Waals surface area contributed by atoms with Gasteiger partial charge in [-0.1, -0.05) is 17.7 Å². The minimum atomic E-state index is -3.88. The Labute approximate surface area is 194 Å². The van der Waals surface area contributed by atoms with E-state index in [4.69, 9.17) is 26.4 Å². The number of carbonyl (C=O) groups is 1. The summed E-state index contributed by atoms with van der Waals surface area (Å²) < 4.78 is 39.2. The number of rotatable bonds is 9. The Kier molecular flexibility index (Phi) is 8.09. The second-order valence-corrected chi connectivity index (χ2v) is 10.2. The Balaban J connectivity index is 1.98. The lowest BCUT2D eigenvalue weighted by Crippen LogP contribution is -2.26. The van der Waals surface area contributed by atoms with Crippen LogP contribution < -0.4 is 11.1 Å². The summed E-state index contributed by atoms with van der Waals surface area (Å²) in [4.78, 5) is 13.3. The molecule has 0 spiro atoms. The zero-order valence-corrected chi connectivity index (χ0v) is 20.0. The first kappa shape index (κ1) is 24.4. The molecule has 1 heterocycles. The molecule has 1 unspecified atom stereocenters. The molecule has 0 saturated heterocycles. The second kappa shape index (κ2) is 10.6. The molecule has 1 aromatic heterocycles. The number of benzene rings is 2. The molecule has 170 valence electrons. The average Bonchev–Trinajstić information content (AvgIpc) is 3.13. The summed E-state index contributed by atoms with van der Waals surface area (Å²) in [5.41, 5.74) is 5.30. The van der Waals surface area contributed by atoms with Crippen molar-refractivity contribution in [3.8, 4) is 0 Å². The van der Waals surface area contributed by atoms with Crippen LogP contribution in [0.15, 0.2) is 48.0 Å². The van der Waals surface area contributed by atoms with Crippen LogP contribution in [0.4, 0.5) is 10.1 Å². The summed E-state index contributed by atoms with van der Waals surface area (Å²) in [6, 6.07) is 9.59. The first-order chi connectivity index (χ1) is 15.3. The zero-order chi connectivity index (χ0) is 23.3. The molecular formula is C22H23ClFN2O4PS. The lowest BCUT2D eigenvalue weighted by atomic mass is 10.1. The minimum absolute atomic E-state index is 0.0311. The van der Waals surface area contributed by atoms with Crippen molar-refractivity contribution in [1.82, 2.24) is 5.32 Å². The number of amides is 1. The van der Waals surface area contributed by atoms with Crippen molar-refractivity contribution in [2.45, 2.75) is 19.5 Å². The third kappa shape index (κ3) is 5.39. The van der Waals surface area contributed by atoms with Gasteiger partial charge in [-0.2, -0.15) is 0 Å². The summed E-state index contributed by atoms with van der Waals surface area (Å²) >= 11 is 7.57. The normalized spacial score (nSPS) is 13.0. The van der Waals surface area contributed by atoms with E-state index in [-0.39, 0.29) is 18.9 Å². The van der Waals surface area contributed by atoms with Gasteiger partial charge in [-0.3, -0.25) is 9.36 Å². The summed E-state index contributed by atoms with van der Waals surface area (Å²) in [6.07, 6.45) is 2.86. The molecule has 0 aliphatic heterocycles. The van der Waals surface area contributed by atoms with Crippen molar-refractivity contribution in [2.75, 3.05) is 18.9 Å². The number of thiophene rings is 1. The van der Waals surface area contributed by atoms with Crippen molar-refractivity contribution in [3.63, 3.8) is 0 Å². The molecule has 32 heavy (non-hydrogen) atoms. The van der Waals surface area contributed by atoms with Crippen molar-refractivity contribution >= 4 is 58.3 Å². The topological polar surface area (TPSA) is 90.6 Å². The van der Waals surface area contributed by atoms with Crippen molar-refractivity contribution in [2.24, 2.45) is 0 Å². The maximum atomic E-state index is 13.7. The van der Waals surface area contributed by atoms with E-state index < -0.39 is 25.0 Å². The van der Waals surface area contributed by atoms with Gasteiger partial charge in [-0.15, -0.1) is 11.3 Å².